The monoisotopic (exact) mass is 196 g/mol. The van der Waals surface area contributed by atoms with Crippen LogP contribution in [0.25, 0.3) is 0 Å². The van der Waals surface area contributed by atoms with Crippen LogP contribution < -0.4 is 5.32 Å². The lowest BCUT2D eigenvalue weighted by Gasteiger charge is -2.23. The number of anilines is 1. The summed E-state index contributed by atoms with van der Waals surface area (Å²) in [6, 6.07) is 0. The summed E-state index contributed by atoms with van der Waals surface area (Å²) in [7, 11) is 0. The Morgan fingerprint density at radius 3 is 2.92 bits per heavy atom. The van der Waals surface area contributed by atoms with Gasteiger partial charge in [0.15, 0.2) is 5.13 Å². The molecule has 1 saturated carbocycles. The number of nitrogens with one attached hydrogen (secondary N) is 1. The van der Waals surface area contributed by atoms with E-state index in [1.807, 2.05) is 12.3 Å². The van der Waals surface area contributed by atoms with Gasteiger partial charge in [-0.3, -0.25) is 4.79 Å². The van der Waals surface area contributed by atoms with Crippen molar-refractivity contribution in [2.45, 2.75) is 26.2 Å². The quantitative estimate of drug-likeness (QED) is 0.787. The van der Waals surface area contributed by atoms with E-state index in [1.54, 1.807) is 0 Å². The Hall–Kier alpha value is -0.900. The molecule has 0 bridgehead atoms. The van der Waals surface area contributed by atoms with Crippen molar-refractivity contribution in [1.29, 1.82) is 0 Å². The molecule has 0 atom stereocenters. The van der Waals surface area contributed by atoms with Crippen molar-refractivity contribution in [2.24, 2.45) is 5.92 Å². The first-order chi connectivity index (χ1) is 6.25. The van der Waals surface area contributed by atoms with Crippen LogP contribution in [0, 0.1) is 12.8 Å². The summed E-state index contributed by atoms with van der Waals surface area (Å²) in [6.07, 6.45) is 3.27. The van der Waals surface area contributed by atoms with Crippen molar-refractivity contribution in [3.8, 4) is 0 Å². The molecule has 1 aliphatic rings. The van der Waals surface area contributed by atoms with E-state index >= 15 is 0 Å². The van der Waals surface area contributed by atoms with Crippen LogP contribution in [0.3, 0.4) is 0 Å². The Bertz CT molecular complexity index is 317. The van der Waals surface area contributed by atoms with E-state index in [2.05, 4.69) is 10.3 Å². The number of aryl methyl sites for hydroxylation is 1. The van der Waals surface area contributed by atoms with Gasteiger partial charge in [-0.2, -0.15) is 0 Å². The first-order valence-electron chi connectivity index (χ1n) is 4.49. The van der Waals surface area contributed by atoms with Gasteiger partial charge in [0.2, 0.25) is 5.91 Å². The lowest BCUT2D eigenvalue weighted by Crippen LogP contribution is -2.27. The van der Waals surface area contributed by atoms with Crippen LogP contribution in [0.4, 0.5) is 5.13 Å². The van der Waals surface area contributed by atoms with Crippen molar-refractivity contribution in [2.75, 3.05) is 5.32 Å². The molecule has 1 aromatic rings. The van der Waals surface area contributed by atoms with Crippen molar-refractivity contribution >= 4 is 22.4 Å². The number of amides is 1. The second-order valence-electron chi connectivity index (χ2n) is 3.41. The van der Waals surface area contributed by atoms with E-state index < -0.39 is 0 Å². The van der Waals surface area contributed by atoms with E-state index in [0.717, 1.165) is 23.7 Å². The summed E-state index contributed by atoms with van der Waals surface area (Å²) in [5.41, 5.74) is 0.967. The van der Waals surface area contributed by atoms with Crippen molar-refractivity contribution < 1.29 is 4.79 Å². The van der Waals surface area contributed by atoms with Crippen molar-refractivity contribution in [3.05, 3.63) is 11.1 Å². The first-order valence-corrected chi connectivity index (χ1v) is 5.36. The highest BCUT2D eigenvalue weighted by atomic mass is 32.1. The number of carbonyl (C=O) groups is 1. The molecule has 1 fully saturated rings. The normalized spacial score (nSPS) is 16.7. The van der Waals surface area contributed by atoms with Crippen molar-refractivity contribution in [3.63, 3.8) is 0 Å². The molecule has 0 unspecified atom stereocenters. The average Bonchev–Trinajstić information content (AvgIpc) is 2.31. The lowest BCUT2D eigenvalue weighted by molar-refractivity contribution is -0.122. The van der Waals surface area contributed by atoms with Crippen LogP contribution in [-0.4, -0.2) is 10.9 Å². The van der Waals surface area contributed by atoms with E-state index in [0.29, 0.717) is 0 Å². The van der Waals surface area contributed by atoms with Gasteiger partial charge >= 0.3 is 0 Å². The largest absolute Gasteiger partial charge is 0.302 e. The number of nitrogens with zero attached hydrogens (tertiary/aromatic N) is 1. The van der Waals surface area contributed by atoms with Crippen LogP contribution in [0.5, 0.6) is 0 Å². The van der Waals surface area contributed by atoms with E-state index in [-0.39, 0.29) is 11.8 Å². The standard InChI is InChI=1S/C9H12N2OS/c1-6-5-13-9(10-6)11-8(12)7-3-2-4-7/h5,7H,2-4H2,1H3,(H,10,11,12). The fourth-order valence-electron chi connectivity index (χ4n) is 1.29. The number of carbonyl (C=O) groups excluding carboxylic acids is 1. The summed E-state index contributed by atoms with van der Waals surface area (Å²) in [6.45, 7) is 1.93. The third-order valence-corrected chi connectivity index (χ3v) is 3.20. The number of hydrogen-bond donors (Lipinski definition) is 1. The van der Waals surface area contributed by atoms with Gasteiger partial charge in [0.05, 0.1) is 5.69 Å². The fraction of sp³-hybridized carbons (Fsp3) is 0.556. The summed E-state index contributed by atoms with van der Waals surface area (Å²) in [5.74, 6) is 0.379. The molecule has 1 aliphatic carbocycles. The van der Waals surface area contributed by atoms with Gasteiger partial charge in [-0.25, -0.2) is 4.98 Å². The Balaban J connectivity index is 1.93. The molecule has 0 spiro atoms. The molecule has 1 amide bonds. The third-order valence-electron chi connectivity index (χ3n) is 2.33. The maximum atomic E-state index is 11.5. The van der Waals surface area contributed by atoms with Crippen LogP contribution >= 0.6 is 11.3 Å². The predicted octanol–water partition coefficient (Wildman–Crippen LogP) is 2.19. The smallest absolute Gasteiger partial charge is 0.229 e. The molecule has 1 heterocycles. The minimum absolute atomic E-state index is 0.139. The summed E-state index contributed by atoms with van der Waals surface area (Å²) in [4.78, 5) is 15.6. The van der Waals surface area contributed by atoms with Gasteiger partial charge in [-0.15, -0.1) is 11.3 Å². The maximum absolute atomic E-state index is 11.5. The first kappa shape index (κ1) is 8.69. The summed E-state index contributed by atoms with van der Waals surface area (Å²) >= 11 is 1.49. The Morgan fingerprint density at radius 1 is 1.69 bits per heavy atom. The molecule has 0 radical (unpaired) electrons. The molecular formula is C9H12N2OS. The number of aromatic nitrogens is 1. The zero-order chi connectivity index (χ0) is 9.26. The maximum Gasteiger partial charge on any atom is 0.229 e. The summed E-state index contributed by atoms with van der Waals surface area (Å²) in [5, 5.41) is 5.50. The van der Waals surface area contributed by atoms with Crippen molar-refractivity contribution in [1.82, 2.24) is 4.98 Å². The van der Waals surface area contributed by atoms with Crippen LogP contribution in [0.2, 0.25) is 0 Å². The number of hydrogen-bond acceptors (Lipinski definition) is 3. The Labute approximate surface area is 81.2 Å². The zero-order valence-electron chi connectivity index (χ0n) is 7.54. The highest BCUT2D eigenvalue weighted by Crippen LogP contribution is 2.28. The topological polar surface area (TPSA) is 42.0 Å². The van der Waals surface area contributed by atoms with Gasteiger partial charge in [-0.1, -0.05) is 6.42 Å². The van der Waals surface area contributed by atoms with Gasteiger partial charge in [-0.05, 0) is 19.8 Å². The second-order valence-corrected chi connectivity index (χ2v) is 4.27. The van der Waals surface area contributed by atoms with Crippen LogP contribution in [-0.2, 0) is 4.79 Å². The van der Waals surface area contributed by atoms with E-state index in [1.165, 1.54) is 17.8 Å². The molecular weight excluding hydrogens is 184 g/mol. The SMILES string of the molecule is Cc1csc(NC(=O)C2CCC2)n1. The molecule has 0 saturated heterocycles. The van der Waals surface area contributed by atoms with Crippen LogP contribution in [0.15, 0.2) is 5.38 Å². The highest BCUT2D eigenvalue weighted by Gasteiger charge is 2.25. The minimum atomic E-state index is 0.139. The zero-order valence-corrected chi connectivity index (χ0v) is 8.36. The second kappa shape index (κ2) is 3.46. The summed E-state index contributed by atoms with van der Waals surface area (Å²) < 4.78 is 0. The molecule has 13 heavy (non-hydrogen) atoms. The van der Waals surface area contributed by atoms with E-state index in [9.17, 15) is 4.79 Å². The molecule has 2 rings (SSSR count). The van der Waals surface area contributed by atoms with Gasteiger partial charge in [0.1, 0.15) is 0 Å². The molecule has 0 aliphatic heterocycles. The van der Waals surface area contributed by atoms with Gasteiger partial charge in [0, 0.05) is 11.3 Å². The number of thiazole rings is 1. The molecule has 1 aromatic heterocycles. The molecule has 3 nitrogen and oxygen atoms in total. The van der Waals surface area contributed by atoms with Gasteiger partial charge < -0.3 is 5.32 Å². The molecule has 4 heteroatoms. The predicted molar refractivity (Wildman–Crippen MR) is 52.8 cm³/mol. The fourth-order valence-corrected chi connectivity index (χ4v) is 1.98. The van der Waals surface area contributed by atoms with E-state index in [4.69, 9.17) is 0 Å². The lowest BCUT2D eigenvalue weighted by atomic mass is 9.85. The Morgan fingerprint density at radius 2 is 2.46 bits per heavy atom. The molecule has 0 aromatic carbocycles. The van der Waals surface area contributed by atoms with Crippen LogP contribution in [0.1, 0.15) is 25.0 Å². The molecule has 70 valence electrons. The number of rotatable bonds is 2. The Kier molecular flexibility index (Phi) is 2.31. The van der Waals surface area contributed by atoms with Gasteiger partial charge in [0.25, 0.3) is 0 Å². The minimum Gasteiger partial charge on any atom is -0.302 e. The average molecular weight is 196 g/mol. The highest BCUT2D eigenvalue weighted by molar-refractivity contribution is 7.13. The molecule has 1 N–H and O–H groups in total. The third kappa shape index (κ3) is 1.88.